The molecule has 0 aromatic heterocycles. The summed E-state index contributed by atoms with van der Waals surface area (Å²) >= 11 is 9.47. The number of anilines is 1. The minimum absolute atomic E-state index is 0.0803. The van der Waals surface area contributed by atoms with Crippen LogP contribution in [-0.2, 0) is 9.59 Å². The number of benzene rings is 1. The molecule has 0 unspecified atom stereocenters. The van der Waals surface area contributed by atoms with Crippen LogP contribution in [0.2, 0.25) is 5.02 Å². The molecule has 0 spiro atoms. The largest absolute Gasteiger partial charge is 0.356 e. The number of rotatable bonds is 6. The van der Waals surface area contributed by atoms with Crippen LogP contribution in [0.5, 0.6) is 0 Å². The summed E-state index contributed by atoms with van der Waals surface area (Å²) < 4.78 is 0.873. The fourth-order valence-electron chi connectivity index (χ4n) is 5.83. The van der Waals surface area contributed by atoms with Crippen LogP contribution in [0.1, 0.15) is 51.4 Å². The number of nitrogens with one attached hydrogen (secondary N) is 2. The van der Waals surface area contributed by atoms with Crippen molar-refractivity contribution in [2.75, 3.05) is 11.9 Å². The fourth-order valence-corrected chi connectivity index (χ4v) is 6.55. The van der Waals surface area contributed by atoms with Crippen molar-refractivity contribution in [3.8, 4) is 0 Å². The normalized spacial score (nSPS) is 31.0. The first-order valence-corrected chi connectivity index (χ1v) is 11.1. The monoisotopic (exact) mass is 452 g/mol. The van der Waals surface area contributed by atoms with Crippen LogP contribution in [0, 0.1) is 23.2 Å². The molecule has 2 amide bonds. The smallest absolute Gasteiger partial charge is 0.226 e. The minimum atomic E-state index is -0.109. The molecule has 4 saturated carbocycles. The van der Waals surface area contributed by atoms with Crippen molar-refractivity contribution in [2.24, 2.45) is 23.2 Å². The first kappa shape index (κ1) is 19.3. The Bertz CT molecular complexity index is 716. The second kappa shape index (κ2) is 7.75. The summed E-state index contributed by atoms with van der Waals surface area (Å²) in [5.41, 5.74) is 0.504. The summed E-state index contributed by atoms with van der Waals surface area (Å²) in [6.07, 6.45) is 8.25. The molecule has 1 aromatic carbocycles. The molecular weight excluding hydrogens is 428 g/mol. The summed E-state index contributed by atoms with van der Waals surface area (Å²) in [5.74, 6) is 2.46. The highest BCUT2D eigenvalue weighted by molar-refractivity contribution is 9.10. The Morgan fingerprint density at radius 2 is 1.74 bits per heavy atom. The average molecular weight is 454 g/mol. The fraction of sp³-hybridized carbons (Fsp3) is 0.619. The molecule has 6 heteroatoms. The van der Waals surface area contributed by atoms with Crippen LogP contribution >= 0.6 is 27.5 Å². The van der Waals surface area contributed by atoms with Crippen molar-refractivity contribution >= 4 is 45.0 Å². The zero-order valence-electron chi connectivity index (χ0n) is 15.4. The summed E-state index contributed by atoms with van der Waals surface area (Å²) in [6.45, 7) is 0.558. The van der Waals surface area contributed by atoms with Gasteiger partial charge in [0.15, 0.2) is 0 Å². The van der Waals surface area contributed by atoms with E-state index in [-0.39, 0.29) is 17.2 Å². The van der Waals surface area contributed by atoms with Gasteiger partial charge in [-0.05, 0) is 80.9 Å². The lowest BCUT2D eigenvalue weighted by Crippen LogP contribution is -2.53. The maximum absolute atomic E-state index is 12.9. The summed E-state index contributed by atoms with van der Waals surface area (Å²) in [7, 11) is 0. The highest BCUT2D eigenvalue weighted by Crippen LogP contribution is 2.60. The van der Waals surface area contributed by atoms with E-state index in [4.69, 9.17) is 11.6 Å². The first-order valence-electron chi connectivity index (χ1n) is 9.97. The molecule has 0 atom stereocenters. The third-order valence-electron chi connectivity index (χ3n) is 6.59. The molecule has 0 saturated heterocycles. The lowest BCUT2D eigenvalue weighted by Gasteiger charge is -2.55. The third kappa shape index (κ3) is 4.19. The molecule has 4 aliphatic carbocycles. The van der Waals surface area contributed by atoms with Gasteiger partial charge in [0.1, 0.15) is 0 Å². The van der Waals surface area contributed by atoms with Gasteiger partial charge in [-0.3, -0.25) is 9.59 Å². The Morgan fingerprint density at radius 1 is 1.11 bits per heavy atom. The van der Waals surface area contributed by atoms with E-state index in [1.807, 2.05) is 6.07 Å². The molecule has 4 aliphatic rings. The number of amides is 2. The third-order valence-corrected chi connectivity index (χ3v) is 7.40. The Hall–Kier alpha value is -1.07. The van der Waals surface area contributed by atoms with Crippen LogP contribution in [0.3, 0.4) is 0 Å². The van der Waals surface area contributed by atoms with Crippen molar-refractivity contribution in [3.63, 3.8) is 0 Å². The molecule has 5 rings (SSSR count). The van der Waals surface area contributed by atoms with E-state index in [0.717, 1.165) is 41.5 Å². The quantitative estimate of drug-likeness (QED) is 0.585. The molecule has 0 heterocycles. The van der Waals surface area contributed by atoms with E-state index in [2.05, 4.69) is 26.6 Å². The van der Waals surface area contributed by atoms with Crippen LogP contribution in [0.25, 0.3) is 0 Å². The molecule has 0 radical (unpaired) electrons. The molecule has 146 valence electrons. The van der Waals surface area contributed by atoms with E-state index in [1.54, 1.807) is 12.1 Å². The molecule has 4 nitrogen and oxygen atoms in total. The number of halogens is 2. The van der Waals surface area contributed by atoms with Gasteiger partial charge in [0.05, 0.1) is 10.7 Å². The molecule has 0 aliphatic heterocycles. The van der Waals surface area contributed by atoms with Gasteiger partial charge in [-0.15, -0.1) is 0 Å². The number of carbonyl (C=O) groups excluding carboxylic acids is 2. The van der Waals surface area contributed by atoms with Crippen LogP contribution < -0.4 is 10.6 Å². The van der Waals surface area contributed by atoms with Crippen LogP contribution in [-0.4, -0.2) is 18.4 Å². The number of hydrogen-bond donors (Lipinski definition) is 2. The van der Waals surface area contributed by atoms with Crippen molar-refractivity contribution in [1.29, 1.82) is 0 Å². The summed E-state index contributed by atoms with van der Waals surface area (Å²) in [6, 6.07) is 5.37. The van der Waals surface area contributed by atoms with E-state index in [0.29, 0.717) is 30.1 Å². The highest BCUT2D eigenvalue weighted by Gasteiger charge is 2.54. The van der Waals surface area contributed by atoms with Crippen molar-refractivity contribution in [3.05, 3.63) is 27.7 Å². The lowest BCUT2D eigenvalue weighted by molar-refractivity contribution is -0.146. The molecule has 2 N–H and O–H groups in total. The van der Waals surface area contributed by atoms with E-state index >= 15 is 0 Å². The molecule has 4 fully saturated rings. The standard InChI is InChI=1S/C21H26BrClN2O2/c22-16-3-4-18(17(23)9-16)25-19(26)2-1-5-24-20(27)21-10-13-6-14(11-21)8-15(7-13)12-21/h3-4,9,13-15H,1-2,5-8,10-12H2,(H,24,27)(H,25,26). The number of carbonyl (C=O) groups is 2. The van der Waals surface area contributed by atoms with Crippen LogP contribution in [0.4, 0.5) is 5.69 Å². The average Bonchev–Trinajstić information content (AvgIpc) is 2.60. The van der Waals surface area contributed by atoms with E-state index in [9.17, 15) is 9.59 Å². The summed E-state index contributed by atoms with van der Waals surface area (Å²) in [4.78, 5) is 25.0. The van der Waals surface area contributed by atoms with Gasteiger partial charge in [-0.25, -0.2) is 0 Å². The maximum atomic E-state index is 12.9. The van der Waals surface area contributed by atoms with Gasteiger partial charge in [-0.2, -0.15) is 0 Å². The zero-order valence-corrected chi connectivity index (χ0v) is 17.7. The van der Waals surface area contributed by atoms with Crippen LogP contribution in [0.15, 0.2) is 22.7 Å². The predicted molar refractivity (Wildman–Crippen MR) is 111 cm³/mol. The SMILES string of the molecule is O=C(CCCNC(=O)C12CC3CC(CC(C3)C1)C2)Nc1ccc(Br)cc1Cl. The second-order valence-corrected chi connectivity index (χ2v) is 10.1. The molecular formula is C21H26BrClN2O2. The molecule has 4 bridgehead atoms. The zero-order chi connectivity index (χ0) is 19.0. The number of hydrogen-bond acceptors (Lipinski definition) is 2. The van der Waals surface area contributed by atoms with Crippen molar-refractivity contribution in [1.82, 2.24) is 5.32 Å². The van der Waals surface area contributed by atoms with Gasteiger partial charge >= 0.3 is 0 Å². The minimum Gasteiger partial charge on any atom is -0.356 e. The van der Waals surface area contributed by atoms with Crippen molar-refractivity contribution in [2.45, 2.75) is 51.4 Å². The van der Waals surface area contributed by atoms with E-state index in [1.165, 1.54) is 19.3 Å². The van der Waals surface area contributed by atoms with Gasteiger partial charge in [0, 0.05) is 22.9 Å². The topological polar surface area (TPSA) is 58.2 Å². The Balaban J connectivity index is 1.22. The van der Waals surface area contributed by atoms with Gasteiger partial charge in [-0.1, -0.05) is 27.5 Å². The summed E-state index contributed by atoms with van der Waals surface area (Å²) in [5, 5.41) is 6.46. The first-order chi connectivity index (χ1) is 12.9. The molecule has 27 heavy (non-hydrogen) atoms. The van der Waals surface area contributed by atoms with Gasteiger partial charge < -0.3 is 10.6 Å². The Morgan fingerprint density at radius 3 is 2.33 bits per heavy atom. The van der Waals surface area contributed by atoms with E-state index < -0.39 is 0 Å². The van der Waals surface area contributed by atoms with Crippen molar-refractivity contribution < 1.29 is 9.59 Å². The Kier molecular flexibility index (Phi) is 5.52. The van der Waals surface area contributed by atoms with Gasteiger partial charge in [0.25, 0.3) is 0 Å². The highest BCUT2D eigenvalue weighted by atomic mass is 79.9. The Labute approximate surface area is 173 Å². The van der Waals surface area contributed by atoms with Gasteiger partial charge in [0.2, 0.25) is 11.8 Å². The molecule has 1 aromatic rings. The lowest BCUT2D eigenvalue weighted by atomic mass is 9.49. The second-order valence-electron chi connectivity index (χ2n) is 8.73. The predicted octanol–water partition coefficient (Wildman–Crippen LogP) is 5.15. The maximum Gasteiger partial charge on any atom is 0.226 e.